The SMILES string of the molecule is COc1[nH]c(=O)cc(OC(F)(F)F)c1C=O. The molecule has 0 atom stereocenters. The molecule has 0 aromatic carbocycles. The first-order valence-corrected chi connectivity index (χ1v) is 3.89. The first kappa shape index (κ1) is 12.1. The molecule has 16 heavy (non-hydrogen) atoms. The van der Waals surface area contributed by atoms with Crippen LogP contribution in [-0.2, 0) is 0 Å². The summed E-state index contributed by atoms with van der Waals surface area (Å²) >= 11 is 0. The van der Waals surface area contributed by atoms with Gasteiger partial charge in [-0.1, -0.05) is 0 Å². The third kappa shape index (κ3) is 2.75. The normalized spacial score (nSPS) is 11.0. The van der Waals surface area contributed by atoms with Gasteiger partial charge < -0.3 is 9.47 Å². The number of aromatic amines is 1. The van der Waals surface area contributed by atoms with Crippen LogP contribution in [0.25, 0.3) is 0 Å². The number of H-pyrrole nitrogens is 1. The van der Waals surface area contributed by atoms with E-state index >= 15 is 0 Å². The van der Waals surface area contributed by atoms with E-state index in [9.17, 15) is 22.8 Å². The molecule has 0 amide bonds. The van der Waals surface area contributed by atoms with Crippen molar-refractivity contribution < 1.29 is 27.4 Å². The van der Waals surface area contributed by atoms with Crippen LogP contribution in [0.3, 0.4) is 0 Å². The molecule has 1 N–H and O–H groups in total. The highest BCUT2D eigenvalue weighted by Gasteiger charge is 2.33. The summed E-state index contributed by atoms with van der Waals surface area (Å²) in [5, 5.41) is 0. The number of carbonyl (C=O) groups excluding carboxylic acids is 1. The molecule has 1 heterocycles. The highest BCUT2D eigenvalue weighted by molar-refractivity contribution is 5.82. The van der Waals surface area contributed by atoms with Crippen LogP contribution in [-0.4, -0.2) is 24.7 Å². The maximum atomic E-state index is 11.9. The molecule has 8 heteroatoms. The number of aldehydes is 1. The number of hydrogen-bond acceptors (Lipinski definition) is 4. The fraction of sp³-hybridized carbons (Fsp3) is 0.250. The van der Waals surface area contributed by atoms with Gasteiger partial charge in [0.05, 0.1) is 7.11 Å². The van der Waals surface area contributed by atoms with Crippen molar-refractivity contribution in [2.75, 3.05) is 7.11 Å². The van der Waals surface area contributed by atoms with E-state index in [0.717, 1.165) is 7.11 Å². The monoisotopic (exact) mass is 237 g/mol. The van der Waals surface area contributed by atoms with Gasteiger partial charge in [-0.3, -0.25) is 14.6 Å². The number of nitrogens with one attached hydrogen (secondary N) is 1. The van der Waals surface area contributed by atoms with Gasteiger partial charge in [0, 0.05) is 6.07 Å². The Labute approximate surface area is 86.8 Å². The zero-order valence-electron chi connectivity index (χ0n) is 7.92. The highest BCUT2D eigenvalue weighted by atomic mass is 19.4. The van der Waals surface area contributed by atoms with Crippen LogP contribution >= 0.6 is 0 Å². The molecule has 0 unspecified atom stereocenters. The fourth-order valence-corrected chi connectivity index (χ4v) is 1.01. The molecule has 0 saturated heterocycles. The molecule has 0 fully saturated rings. The Kier molecular flexibility index (Phi) is 3.21. The molecule has 0 bridgehead atoms. The predicted octanol–water partition coefficient (Wildman–Crippen LogP) is 1.09. The van der Waals surface area contributed by atoms with Crippen LogP contribution in [0.4, 0.5) is 13.2 Å². The molecule has 88 valence electrons. The Morgan fingerprint density at radius 3 is 2.50 bits per heavy atom. The van der Waals surface area contributed by atoms with Gasteiger partial charge >= 0.3 is 6.36 Å². The van der Waals surface area contributed by atoms with Gasteiger partial charge in [0.1, 0.15) is 5.56 Å². The van der Waals surface area contributed by atoms with Gasteiger partial charge in [0.15, 0.2) is 12.0 Å². The molecule has 0 radical (unpaired) electrons. The summed E-state index contributed by atoms with van der Waals surface area (Å²) in [6.07, 6.45) is -4.90. The van der Waals surface area contributed by atoms with E-state index in [1.54, 1.807) is 0 Å². The van der Waals surface area contributed by atoms with Crippen molar-refractivity contribution in [2.45, 2.75) is 6.36 Å². The van der Waals surface area contributed by atoms with Crippen molar-refractivity contribution in [1.29, 1.82) is 0 Å². The summed E-state index contributed by atoms with van der Waals surface area (Å²) in [4.78, 5) is 23.5. The first-order chi connectivity index (χ1) is 7.37. The smallest absolute Gasteiger partial charge is 0.482 e. The summed E-state index contributed by atoms with van der Waals surface area (Å²) in [5.41, 5.74) is -1.39. The summed E-state index contributed by atoms with van der Waals surface area (Å²) in [5.74, 6) is -1.29. The second-order valence-electron chi connectivity index (χ2n) is 2.61. The summed E-state index contributed by atoms with van der Waals surface area (Å²) in [6.45, 7) is 0. The van der Waals surface area contributed by atoms with E-state index in [4.69, 9.17) is 0 Å². The van der Waals surface area contributed by atoms with Crippen molar-refractivity contribution in [3.05, 3.63) is 22.0 Å². The van der Waals surface area contributed by atoms with Crippen LogP contribution in [0.15, 0.2) is 10.9 Å². The van der Waals surface area contributed by atoms with Gasteiger partial charge in [0.2, 0.25) is 5.88 Å². The molecule has 1 aromatic heterocycles. The lowest BCUT2D eigenvalue weighted by atomic mass is 10.2. The number of halogens is 3. The summed E-state index contributed by atoms with van der Waals surface area (Å²) in [7, 11) is 1.09. The van der Waals surface area contributed by atoms with Gasteiger partial charge in [-0.2, -0.15) is 0 Å². The minimum atomic E-state index is -4.99. The second-order valence-corrected chi connectivity index (χ2v) is 2.61. The number of methoxy groups -OCH3 is 1. The average Bonchev–Trinajstić information content (AvgIpc) is 2.14. The zero-order chi connectivity index (χ0) is 12.3. The molecular formula is C8H6F3NO4. The molecule has 0 aliphatic rings. The average molecular weight is 237 g/mol. The third-order valence-electron chi connectivity index (χ3n) is 1.56. The van der Waals surface area contributed by atoms with Crippen LogP contribution in [0.1, 0.15) is 10.4 Å². The van der Waals surface area contributed by atoms with Crippen LogP contribution in [0, 0.1) is 0 Å². The van der Waals surface area contributed by atoms with E-state index in [0.29, 0.717) is 6.07 Å². The molecule has 0 saturated carbocycles. The van der Waals surface area contributed by atoms with Crippen LogP contribution in [0.2, 0.25) is 0 Å². The number of aromatic nitrogens is 1. The second kappa shape index (κ2) is 4.25. The molecule has 0 spiro atoms. The highest BCUT2D eigenvalue weighted by Crippen LogP contribution is 2.27. The first-order valence-electron chi connectivity index (χ1n) is 3.89. The summed E-state index contributed by atoms with van der Waals surface area (Å²) in [6, 6.07) is 0.514. The van der Waals surface area contributed by atoms with E-state index in [1.165, 1.54) is 0 Å². The lowest BCUT2D eigenvalue weighted by molar-refractivity contribution is -0.274. The molecule has 1 aromatic rings. The zero-order valence-corrected chi connectivity index (χ0v) is 7.92. The van der Waals surface area contributed by atoms with Crippen molar-refractivity contribution in [3.8, 4) is 11.6 Å². The number of carbonyl (C=O) groups is 1. The third-order valence-corrected chi connectivity index (χ3v) is 1.56. The van der Waals surface area contributed by atoms with E-state index in [1.807, 2.05) is 4.98 Å². The number of hydrogen-bond donors (Lipinski definition) is 1. The quantitative estimate of drug-likeness (QED) is 0.799. The fourth-order valence-electron chi connectivity index (χ4n) is 1.01. The molecule has 5 nitrogen and oxygen atoms in total. The van der Waals surface area contributed by atoms with Gasteiger partial charge in [-0.25, -0.2) is 0 Å². The van der Waals surface area contributed by atoms with Crippen LogP contribution < -0.4 is 15.0 Å². The largest absolute Gasteiger partial charge is 0.573 e. The number of rotatable bonds is 3. The standard InChI is InChI=1S/C8H6F3NO4/c1-15-7-4(3-13)5(2-6(14)12-7)16-8(9,10)11/h2-3H,1H3,(H,12,14). The Hall–Kier alpha value is -1.99. The van der Waals surface area contributed by atoms with Gasteiger partial charge in [-0.15, -0.1) is 13.2 Å². The predicted molar refractivity (Wildman–Crippen MR) is 45.7 cm³/mol. The molecular weight excluding hydrogens is 231 g/mol. The molecule has 1 rings (SSSR count). The lowest BCUT2D eigenvalue weighted by Gasteiger charge is -2.11. The van der Waals surface area contributed by atoms with E-state index < -0.39 is 23.2 Å². The number of alkyl halides is 3. The van der Waals surface area contributed by atoms with Crippen molar-refractivity contribution in [2.24, 2.45) is 0 Å². The Morgan fingerprint density at radius 2 is 2.06 bits per heavy atom. The Balaban J connectivity index is 3.31. The Bertz CT molecular complexity index is 452. The maximum absolute atomic E-state index is 11.9. The van der Waals surface area contributed by atoms with Crippen molar-refractivity contribution in [1.82, 2.24) is 4.98 Å². The molecule has 0 aliphatic carbocycles. The minimum absolute atomic E-state index is 0.0931. The van der Waals surface area contributed by atoms with Crippen LogP contribution in [0.5, 0.6) is 11.6 Å². The van der Waals surface area contributed by atoms with E-state index in [-0.39, 0.29) is 12.2 Å². The lowest BCUT2D eigenvalue weighted by Crippen LogP contribution is -2.20. The van der Waals surface area contributed by atoms with Gasteiger partial charge in [0.25, 0.3) is 5.56 Å². The van der Waals surface area contributed by atoms with Crippen molar-refractivity contribution in [3.63, 3.8) is 0 Å². The van der Waals surface area contributed by atoms with E-state index in [2.05, 4.69) is 9.47 Å². The topological polar surface area (TPSA) is 68.4 Å². The number of pyridine rings is 1. The maximum Gasteiger partial charge on any atom is 0.573 e. The van der Waals surface area contributed by atoms with Gasteiger partial charge in [-0.05, 0) is 0 Å². The minimum Gasteiger partial charge on any atom is -0.482 e. The molecule has 0 aliphatic heterocycles. The van der Waals surface area contributed by atoms with Crippen molar-refractivity contribution >= 4 is 6.29 Å². The summed E-state index contributed by atoms with van der Waals surface area (Å²) < 4.78 is 43.9. The Morgan fingerprint density at radius 1 is 1.44 bits per heavy atom. The number of ether oxygens (including phenoxy) is 2.